The van der Waals surface area contributed by atoms with E-state index in [1.54, 1.807) is 17.0 Å². The van der Waals surface area contributed by atoms with Crippen molar-refractivity contribution in [3.8, 4) is 0 Å². The molecule has 2 fully saturated rings. The summed E-state index contributed by atoms with van der Waals surface area (Å²) in [4.78, 5) is 34.2. The molecule has 0 aliphatic carbocycles. The summed E-state index contributed by atoms with van der Waals surface area (Å²) in [5, 5.41) is 0. The maximum Gasteiger partial charge on any atom is 0.256 e. The number of benzene rings is 1. The monoisotopic (exact) mass is 409 g/mol. The number of aromatic nitrogens is 1. The summed E-state index contributed by atoms with van der Waals surface area (Å²) in [5.41, 5.74) is 2.56. The lowest BCUT2D eigenvalue weighted by molar-refractivity contribution is 0.0692. The molecule has 0 atom stereocenters. The highest BCUT2D eigenvalue weighted by Crippen LogP contribution is 2.31. The quantitative estimate of drug-likeness (QED) is 0.764. The molecule has 30 heavy (non-hydrogen) atoms. The van der Waals surface area contributed by atoms with E-state index >= 15 is 0 Å². The second-order valence-electron chi connectivity index (χ2n) is 8.28. The first-order valence-corrected chi connectivity index (χ1v) is 10.8. The fourth-order valence-electron chi connectivity index (χ4n) is 4.50. The fourth-order valence-corrected chi connectivity index (χ4v) is 4.50. The molecule has 0 unspecified atom stereocenters. The number of pyridine rings is 1. The van der Waals surface area contributed by atoms with Gasteiger partial charge in [0.1, 0.15) is 5.82 Å². The van der Waals surface area contributed by atoms with E-state index in [1.807, 2.05) is 24.0 Å². The second kappa shape index (κ2) is 8.94. The van der Waals surface area contributed by atoms with Crippen LogP contribution >= 0.6 is 0 Å². The van der Waals surface area contributed by atoms with E-state index in [1.165, 1.54) is 18.6 Å². The molecule has 5 nitrogen and oxygen atoms in total. The number of likely N-dealkylation sites (tertiary alicyclic amines) is 2. The van der Waals surface area contributed by atoms with E-state index in [9.17, 15) is 14.0 Å². The van der Waals surface area contributed by atoms with Gasteiger partial charge in [-0.05, 0) is 63.3 Å². The van der Waals surface area contributed by atoms with E-state index < -0.39 is 5.82 Å². The summed E-state index contributed by atoms with van der Waals surface area (Å²) in [7, 11) is 0. The highest BCUT2D eigenvalue weighted by atomic mass is 19.1. The Labute approximate surface area is 176 Å². The van der Waals surface area contributed by atoms with Crippen LogP contribution in [0, 0.1) is 12.7 Å². The lowest BCUT2D eigenvalue weighted by Crippen LogP contribution is -2.39. The molecule has 2 aliphatic heterocycles. The van der Waals surface area contributed by atoms with E-state index in [0.717, 1.165) is 50.2 Å². The van der Waals surface area contributed by atoms with E-state index in [-0.39, 0.29) is 23.3 Å². The molecule has 2 aromatic rings. The molecule has 4 rings (SSSR count). The van der Waals surface area contributed by atoms with Gasteiger partial charge in [0.15, 0.2) is 0 Å². The number of nitrogens with zero attached hydrogens (tertiary/aromatic N) is 3. The summed E-state index contributed by atoms with van der Waals surface area (Å²) >= 11 is 0. The third kappa shape index (κ3) is 4.23. The van der Waals surface area contributed by atoms with Crippen molar-refractivity contribution >= 4 is 11.8 Å². The minimum absolute atomic E-state index is 0.0714. The smallest absolute Gasteiger partial charge is 0.256 e. The molecule has 0 radical (unpaired) electrons. The molecule has 2 amide bonds. The number of amides is 2. The molecule has 0 saturated carbocycles. The van der Waals surface area contributed by atoms with E-state index in [2.05, 4.69) is 0 Å². The molecule has 158 valence electrons. The molecule has 6 heteroatoms. The molecule has 3 heterocycles. The minimum atomic E-state index is -0.487. The van der Waals surface area contributed by atoms with Gasteiger partial charge in [-0.3, -0.25) is 14.6 Å². The summed E-state index contributed by atoms with van der Waals surface area (Å²) in [5.74, 6) is -0.562. The van der Waals surface area contributed by atoms with Gasteiger partial charge in [-0.1, -0.05) is 12.1 Å². The molecular weight excluding hydrogens is 381 g/mol. The van der Waals surface area contributed by atoms with Gasteiger partial charge in [0, 0.05) is 37.8 Å². The Morgan fingerprint density at radius 2 is 1.50 bits per heavy atom. The standard InChI is InChI=1S/C24H28FN3O2/c1-17-9-10-20(24(30)27-13-5-2-6-14-27)22(26-17)18-11-15-28(16-12-18)23(29)19-7-3-4-8-21(19)25/h3-4,7-10,18H,2,5-6,11-16H2,1H3. The largest absolute Gasteiger partial charge is 0.339 e. The molecular formula is C24H28FN3O2. The number of aryl methyl sites for hydroxylation is 1. The minimum Gasteiger partial charge on any atom is -0.339 e. The maximum atomic E-state index is 14.0. The van der Waals surface area contributed by atoms with Crippen LogP contribution < -0.4 is 0 Å². The number of piperidine rings is 2. The number of hydrogen-bond donors (Lipinski definition) is 0. The summed E-state index contributed by atoms with van der Waals surface area (Å²) in [6.07, 6.45) is 4.72. The van der Waals surface area contributed by atoms with Crippen LogP contribution in [-0.4, -0.2) is 52.8 Å². The van der Waals surface area contributed by atoms with Crippen LogP contribution in [0.25, 0.3) is 0 Å². The van der Waals surface area contributed by atoms with Gasteiger partial charge in [-0.25, -0.2) is 4.39 Å². The van der Waals surface area contributed by atoms with Crippen LogP contribution in [0.4, 0.5) is 4.39 Å². The predicted molar refractivity (Wildman–Crippen MR) is 113 cm³/mol. The first kappa shape index (κ1) is 20.5. The zero-order chi connectivity index (χ0) is 21.1. The number of halogens is 1. The van der Waals surface area contributed by atoms with Crippen molar-refractivity contribution in [2.24, 2.45) is 0 Å². The van der Waals surface area contributed by atoms with Crippen LogP contribution in [0.3, 0.4) is 0 Å². The van der Waals surface area contributed by atoms with Gasteiger partial charge >= 0.3 is 0 Å². The van der Waals surface area contributed by atoms with Gasteiger partial charge in [0.05, 0.1) is 16.8 Å². The number of carbonyl (C=O) groups is 2. The zero-order valence-corrected chi connectivity index (χ0v) is 17.4. The van der Waals surface area contributed by atoms with Crippen molar-refractivity contribution in [2.75, 3.05) is 26.2 Å². The van der Waals surface area contributed by atoms with Crippen LogP contribution in [0.2, 0.25) is 0 Å². The van der Waals surface area contributed by atoms with Gasteiger partial charge in [-0.15, -0.1) is 0 Å². The van der Waals surface area contributed by atoms with Gasteiger partial charge in [-0.2, -0.15) is 0 Å². The molecule has 2 saturated heterocycles. The Morgan fingerprint density at radius 3 is 2.20 bits per heavy atom. The highest BCUT2D eigenvalue weighted by molar-refractivity contribution is 5.96. The Morgan fingerprint density at radius 1 is 0.867 bits per heavy atom. The van der Waals surface area contributed by atoms with Gasteiger partial charge in [0.2, 0.25) is 0 Å². The summed E-state index contributed by atoms with van der Waals surface area (Å²) in [6.45, 7) is 4.62. The van der Waals surface area contributed by atoms with Crippen molar-refractivity contribution in [3.05, 3.63) is 64.7 Å². The Hall–Kier alpha value is -2.76. The third-order valence-corrected chi connectivity index (χ3v) is 6.21. The fraction of sp³-hybridized carbons (Fsp3) is 0.458. The summed E-state index contributed by atoms with van der Waals surface area (Å²) < 4.78 is 14.0. The average molecular weight is 410 g/mol. The predicted octanol–water partition coefficient (Wildman–Crippen LogP) is 4.18. The molecule has 0 bridgehead atoms. The van der Waals surface area contributed by atoms with Crippen molar-refractivity contribution in [1.82, 2.24) is 14.8 Å². The first-order valence-electron chi connectivity index (χ1n) is 10.8. The zero-order valence-electron chi connectivity index (χ0n) is 17.4. The maximum absolute atomic E-state index is 14.0. The number of carbonyl (C=O) groups excluding carboxylic acids is 2. The number of rotatable bonds is 3. The van der Waals surface area contributed by atoms with Crippen LogP contribution in [-0.2, 0) is 0 Å². The van der Waals surface area contributed by atoms with Crippen molar-refractivity contribution < 1.29 is 14.0 Å². The van der Waals surface area contributed by atoms with Crippen LogP contribution in [0.15, 0.2) is 36.4 Å². The topological polar surface area (TPSA) is 53.5 Å². The Bertz CT molecular complexity index is 932. The molecule has 0 N–H and O–H groups in total. The van der Waals surface area contributed by atoms with Crippen molar-refractivity contribution in [2.45, 2.75) is 44.9 Å². The summed E-state index contributed by atoms with van der Waals surface area (Å²) in [6, 6.07) is 9.92. The average Bonchev–Trinajstić information content (AvgIpc) is 2.79. The van der Waals surface area contributed by atoms with Gasteiger partial charge < -0.3 is 9.80 Å². The van der Waals surface area contributed by atoms with E-state index in [4.69, 9.17) is 4.98 Å². The Kier molecular flexibility index (Phi) is 6.11. The van der Waals surface area contributed by atoms with Crippen molar-refractivity contribution in [1.29, 1.82) is 0 Å². The van der Waals surface area contributed by atoms with Crippen LogP contribution in [0.5, 0.6) is 0 Å². The highest BCUT2D eigenvalue weighted by Gasteiger charge is 2.30. The van der Waals surface area contributed by atoms with Crippen molar-refractivity contribution in [3.63, 3.8) is 0 Å². The normalized spacial score (nSPS) is 17.8. The Balaban J connectivity index is 1.49. The molecule has 1 aromatic heterocycles. The van der Waals surface area contributed by atoms with Crippen LogP contribution in [0.1, 0.15) is 70.1 Å². The lowest BCUT2D eigenvalue weighted by atomic mass is 9.89. The SMILES string of the molecule is Cc1ccc(C(=O)N2CCCCC2)c(C2CCN(C(=O)c3ccccc3F)CC2)n1. The van der Waals surface area contributed by atoms with E-state index in [0.29, 0.717) is 18.7 Å². The first-order chi connectivity index (χ1) is 14.5. The second-order valence-corrected chi connectivity index (χ2v) is 8.28. The number of hydrogen-bond acceptors (Lipinski definition) is 3. The lowest BCUT2D eigenvalue weighted by Gasteiger charge is -2.33. The molecule has 2 aliphatic rings. The van der Waals surface area contributed by atoms with Gasteiger partial charge in [0.25, 0.3) is 11.8 Å². The third-order valence-electron chi connectivity index (χ3n) is 6.21. The molecule has 0 spiro atoms. The molecule has 1 aromatic carbocycles.